The van der Waals surface area contributed by atoms with Crippen LogP contribution in [0.15, 0.2) is 23.1 Å². The Morgan fingerprint density at radius 1 is 1.38 bits per heavy atom. The van der Waals surface area contributed by atoms with Crippen molar-refractivity contribution in [2.75, 3.05) is 13.4 Å². The number of methoxy groups -OCH3 is 1. The number of aliphatic hydroxyl groups is 1. The third kappa shape index (κ3) is 3.75. The predicted octanol–water partition coefficient (Wildman–Crippen LogP) is 1.66. The first-order valence-corrected chi connectivity index (χ1v) is 9.04. The molecular formula is C15H23NO4S. The second-order valence-corrected chi connectivity index (χ2v) is 7.66. The molecule has 118 valence electrons. The molecule has 1 fully saturated rings. The van der Waals surface area contributed by atoms with Crippen LogP contribution in [0, 0.1) is 0 Å². The first kappa shape index (κ1) is 16.3. The van der Waals surface area contributed by atoms with Crippen molar-refractivity contribution in [2.24, 2.45) is 0 Å². The summed E-state index contributed by atoms with van der Waals surface area (Å²) in [7, 11) is -1.84. The average Bonchev–Trinajstić information content (AvgIpc) is 2.82. The fourth-order valence-corrected chi connectivity index (χ4v) is 3.64. The second kappa shape index (κ2) is 6.34. The Labute approximate surface area is 126 Å². The number of rotatable bonds is 5. The summed E-state index contributed by atoms with van der Waals surface area (Å²) in [4.78, 5) is 0.196. The zero-order valence-electron chi connectivity index (χ0n) is 12.7. The normalized spacial score (nSPS) is 24.0. The van der Waals surface area contributed by atoms with Crippen molar-refractivity contribution in [1.82, 2.24) is 5.32 Å². The van der Waals surface area contributed by atoms with Gasteiger partial charge in [-0.3, -0.25) is 0 Å². The highest BCUT2D eigenvalue weighted by Crippen LogP contribution is 2.29. The van der Waals surface area contributed by atoms with Gasteiger partial charge in [0.25, 0.3) is 0 Å². The number of hydrogen-bond donors (Lipinski definition) is 2. The van der Waals surface area contributed by atoms with Crippen molar-refractivity contribution in [3.8, 4) is 5.75 Å². The first-order valence-electron chi connectivity index (χ1n) is 7.15. The smallest absolute Gasteiger partial charge is 0.179 e. The van der Waals surface area contributed by atoms with E-state index in [1.807, 2.05) is 6.92 Å². The zero-order valence-corrected chi connectivity index (χ0v) is 13.5. The van der Waals surface area contributed by atoms with Gasteiger partial charge in [0.1, 0.15) is 10.6 Å². The lowest BCUT2D eigenvalue weighted by molar-refractivity contribution is 0.144. The van der Waals surface area contributed by atoms with Gasteiger partial charge in [-0.2, -0.15) is 0 Å². The van der Waals surface area contributed by atoms with Crippen molar-refractivity contribution in [3.63, 3.8) is 0 Å². The van der Waals surface area contributed by atoms with E-state index in [9.17, 15) is 13.5 Å². The fraction of sp³-hybridized carbons (Fsp3) is 0.600. The summed E-state index contributed by atoms with van der Waals surface area (Å²) in [5.74, 6) is 0.357. The van der Waals surface area contributed by atoms with Crippen LogP contribution in [-0.4, -0.2) is 39.0 Å². The van der Waals surface area contributed by atoms with Gasteiger partial charge in [0.05, 0.1) is 13.2 Å². The molecule has 1 saturated carbocycles. The van der Waals surface area contributed by atoms with Gasteiger partial charge in [-0.15, -0.1) is 0 Å². The summed E-state index contributed by atoms with van der Waals surface area (Å²) < 4.78 is 28.6. The maximum absolute atomic E-state index is 11.7. The van der Waals surface area contributed by atoms with E-state index in [1.165, 1.54) is 13.4 Å². The third-order valence-electron chi connectivity index (χ3n) is 4.03. The zero-order chi connectivity index (χ0) is 15.6. The summed E-state index contributed by atoms with van der Waals surface area (Å²) in [6.45, 7) is 2.00. The van der Waals surface area contributed by atoms with Gasteiger partial charge in [0, 0.05) is 18.3 Å². The SMILES string of the molecule is COc1cc([C@H](C)N[C@@H]2CCC[C@H]2O)ccc1S(C)(=O)=O. The molecule has 1 aliphatic carbocycles. The van der Waals surface area contributed by atoms with E-state index < -0.39 is 9.84 Å². The highest BCUT2D eigenvalue weighted by Gasteiger charge is 2.26. The van der Waals surface area contributed by atoms with E-state index in [0.717, 1.165) is 24.8 Å². The molecule has 0 heterocycles. The van der Waals surface area contributed by atoms with Gasteiger partial charge in [0.2, 0.25) is 0 Å². The summed E-state index contributed by atoms with van der Waals surface area (Å²) in [6.07, 6.45) is 3.69. The minimum absolute atomic E-state index is 0.0188. The molecule has 1 aliphatic rings. The first-order chi connectivity index (χ1) is 9.82. The van der Waals surface area contributed by atoms with Crippen LogP contribution in [-0.2, 0) is 9.84 Å². The van der Waals surface area contributed by atoms with E-state index in [4.69, 9.17) is 4.74 Å². The van der Waals surface area contributed by atoms with E-state index in [2.05, 4.69) is 5.32 Å². The molecule has 0 spiro atoms. The molecule has 2 rings (SSSR count). The van der Waals surface area contributed by atoms with Crippen LogP contribution < -0.4 is 10.1 Å². The van der Waals surface area contributed by atoms with Crippen molar-refractivity contribution < 1.29 is 18.3 Å². The van der Waals surface area contributed by atoms with Crippen molar-refractivity contribution in [1.29, 1.82) is 0 Å². The Morgan fingerprint density at radius 2 is 2.10 bits per heavy atom. The van der Waals surface area contributed by atoms with Crippen LogP contribution in [0.1, 0.15) is 37.8 Å². The summed E-state index contributed by atoms with van der Waals surface area (Å²) >= 11 is 0. The molecule has 1 aromatic carbocycles. The lowest BCUT2D eigenvalue weighted by Gasteiger charge is -2.23. The number of aliphatic hydroxyl groups excluding tert-OH is 1. The van der Waals surface area contributed by atoms with Crippen LogP contribution in [0.3, 0.4) is 0 Å². The molecule has 0 saturated heterocycles. The Balaban J connectivity index is 2.20. The minimum atomic E-state index is -3.30. The lowest BCUT2D eigenvalue weighted by Crippen LogP contribution is -2.37. The van der Waals surface area contributed by atoms with E-state index in [-0.39, 0.29) is 23.1 Å². The fourth-order valence-electron chi connectivity index (χ4n) is 2.81. The van der Waals surface area contributed by atoms with Gasteiger partial charge in [-0.25, -0.2) is 8.42 Å². The summed E-state index contributed by atoms with van der Waals surface area (Å²) in [5.41, 5.74) is 0.943. The highest BCUT2D eigenvalue weighted by molar-refractivity contribution is 7.90. The van der Waals surface area contributed by atoms with Crippen LogP contribution in [0.25, 0.3) is 0 Å². The van der Waals surface area contributed by atoms with Crippen molar-refractivity contribution in [2.45, 2.75) is 49.3 Å². The maximum atomic E-state index is 11.7. The minimum Gasteiger partial charge on any atom is -0.495 e. The number of nitrogens with one attached hydrogen (secondary N) is 1. The lowest BCUT2D eigenvalue weighted by atomic mass is 10.1. The van der Waals surface area contributed by atoms with Gasteiger partial charge >= 0.3 is 0 Å². The number of hydrogen-bond acceptors (Lipinski definition) is 5. The van der Waals surface area contributed by atoms with Crippen molar-refractivity contribution in [3.05, 3.63) is 23.8 Å². The molecule has 0 amide bonds. The van der Waals surface area contributed by atoms with Crippen LogP contribution in [0.5, 0.6) is 5.75 Å². The summed E-state index contributed by atoms with van der Waals surface area (Å²) in [6, 6.07) is 5.23. The Morgan fingerprint density at radius 3 is 2.62 bits per heavy atom. The molecule has 6 heteroatoms. The van der Waals surface area contributed by atoms with Crippen LogP contribution >= 0.6 is 0 Å². The number of benzene rings is 1. The second-order valence-electron chi connectivity index (χ2n) is 5.68. The Hall–Kier alpha value is -1.11. The quantitative estimate of drug-likeness (QED) is 0.865. The molecular weight excluding hydrogens is 290 g/mol. The standard InChI is InChI=1S/C15H23NO4S/c1-10(16-12-5-4-6-13(12)17)11-7-8-15(21(3,18)19)14(9-11)20-2/h7-10,12-13,16-17H,4-6H2,1-3H3/t10-,12+,13+/m0/s1. The number of sulfone groups is 1. The van der Waals surface area contributed by atoms with Gasteiger partial charge < -0.3 is 15.2 Å². The number of ether oxygens (including phenoxy) is 1. The molecule has 3 atom stereocenters. The Bertz CT molecular complexity index is 600. The van der Waals surface area contributed by atoms with Crippen molar-refractivity contribution >= 4 is 9.84 Å². The molecule has 0 aliphatic heterocycles. The molecule has 0 radical (unpaired) electrons. The topological polar surface area (TPSA) is 75.6 Å². The summed E-state index contributed by atoms with van der Waals surface area (Å²) in [5, 5.41) is 13.3. The van der Waals surface area contributed by atoms with E-state index >= 15 is 0 Å². The monoisotopic (exact) mass is 313 g/mol. The Kier molecular flexibility index (Phi) is 4.91. The molecule has 0 bridgehead atoms. The molecule has 21 heavy (non-hydrogen) atoms. The maximum Gasteiger partial charge on any atom is 0.179 e. The van der Waals surface area contributed by atoms with Crippen LogP contribution in [0.2, 0.25) is 0 Å². The van der Waals surface area contributed by atoms with E-state index in [0.29, 0.717) is 5.75 Å². The van der Waals surface area contributed by atoms with Gasteiger partial charge in [0.15, 0.2) is 9.84 Å². The van der Waals surface area contributed by atoms with Gasteiger partial charge in [-0.1, -0.05) is 6.07 Å². The van der Waals surface area contributed by atoms with Crippen LogP contribution in [0.4, 0.5) is 0 Å². The largest absolute Gasteiger partial charge is 0.495 e. The third-order valence-corrected chi connectivity index (χ3v) is 5.17. The molecule has 0 unspecified atom stereocenters. The highest BCUT2D eigenvalue weighted by atomic mass is 32.2. The van der Waals surface area contributed by atoms with E-state index in [1.54, 1.807) is 18.2 Å². The predicted molar refractivity (Wildman–Crippen MR) is 81.3 cm³/mol. The molecule has 0 aromatic heterocycles. The molecule has 5 nitrogen and oxygen atoms in total. The molecule has 2 N–H and O–H groups in total. The average molecular weight is 313 g/mol. The van der Waals surface area contributed by atoms with Gasteiger partial charge in [-0.05, 0) is 43.9 Å². The molecule has 1 aromatic rings.